The normalized spacial score (nSPS) is 10.5. The summed E-state index contributed by atoms with van der Waals surface area (Å²) in [5.41, 5.74) is 9.29. The number of azide groups is 1. The van der Waals surface area contributed by atoms with E-state index in [-0.39, 0.29) is 11.6 Å². The number of amides is 1. The van der Waals surface area contributed by atoms with E-state index in [9.17, 15) is 4.79 Å². The maximum atomic E-state index is 11.6. The van der Waals surface area contributed by atoms with Crippen LogP contribution in [-0.2, 0) is 4.79 Å². The van der Waals surface area contributed by atoms with E-state index in [0.717, 1.165) is 5.56 Å². The van der Waals surface area contributed by atoms with Crippen molar-refractivity contribution in [2.24, 2.45) is 5.11 Å². The first-order valence-corrected chi connectivity index (χ1v) is 4.68. The van der Waals surface area contributed by atoms with Crippen molar-refractivity contribution in [2.45, 2.75) is 0 Å². The van der Waals surface area contributed by atoms with Crippen LogP contribution in [0.25, 0.3) is 16.5 Å². The van der Waals surface area contributed by atoms with Crippen molar-refractivity contribution in [1.82, 2.24) is 4.90 Å². The average Bonchev–Trinajstić information content (AvgIpc) is 2.29. The van der Waals surface area contributed by atoms with E-state index < -0.39 is 0 Å². The van der Waals surface area contributed by atoms with E-state index in [1.165, 1.54) is 4.90 Å². The fourth-order valence-corrected chi connectivity index (χ4v) is 1.12. The van der Waals surface area contributed by atoms with E-state index >= 15 is 0 Å². The number of benzene rings is 1. The van der Waals surface area contributed by atoms with Crippen LogP contribution in [0, 0.1) is 0 Å². The van der Waals surface area contributed by atoms with Crippen molar-refractivity contribution < 1.29 is 4.79 Å². The molecule has 0 aliphatic heterocycles. The molecule has 1 aromatic carbocycles. The van der Waals surface area contributed by atoms with Gasteiger partial charge in [-0.15, -0.1) is 0 Å². The maximum absolute atomic E-state index is 11.6. The molecule has 5 nitrogen and oxygen atoms in total. The molecule has 0 heterocycles. The molecule has 0 atom stereocenters. The van der Waals surface area contributed by atoms with Gasteiger partial charge in [0.25, 0.3) is 5.91 Å². The Hall–Kier alpha value is -2.26. The first kappa shape index (κ1) is 11.8. The van der Waals surface area contributed by atoms with Crippen molar-refractivity contribution in [2.75, 3.05) is 14.1 Å². The molecule has 82 valence electrons. The van der Waals surface area contributed by atoms with Crippen molar-refractivity contribution in [3.05, 3.63) is 52.0 Å². The summed E-state index contributed by atoms with van der Waals surface area (Å²) in [4.78, 5) is 15.6. The molecule has 1 aromatic rings. The number of rotatable bonds is 3. The molecule has 0 bridgehead atoms. The molecule has 16 heavy (non-hydrogen) atoms. The van der Waals surface area contributed by atoms with Gasteiger partial charge in [-0.1, -0.05) is 35.4 Å². The standard InChI is InChI=1S/C11H12N4O/c1-15(2)11(16)10(13-14-12)8-9-6-4-3-5-7-9/h3-8H,1-2H3/b10-8-. The summed E-state index contributed by atoms with van der Waals surface area (Å²) in [7, 11) is 3.21. The summed E-state index contributed by atoms with van der Waals surface area (Å²) in [5.74, 6) is -0.318. The van der Waals surface area contributed by atoms with Crippen LogP contribution in [-0.4, -0.2) is 24.9 Å². The quantitative estimate of drug-likeness (QED) is 0.331. The minimum absolute atomic E-state index is 0.0821. The average molecular weight is 216 g/mol. The third kappa shape index (κ3) is 3.15. The van der Waals surface area contributed by atoms with Crippen LogP contribution in [0.4, 0.5) is 0 Å². The molecule has 0 fully saturated rings. The van der Waals surface area contributed by atoms with Crippen LogP contribution in [0.1, 0.15) is 5.56 Å². The van der Waals surface area contributed by atoms with Gasteiger partial charge >= 0.3 is 0 Å². The Morgan fingerprint density at radius 3 is 2.50 bits per heavy atom. The SMILES string of the molecule is CN(C)C(=O)/C(=C/c1ccccc1)N=[N+]=[N-]. The lowest BCUT2D eigenvalue weighted by molar-refractivity contribution is -0.124. The lowest BCUT2D eigenvalue weighted by Gasteiger charge is -2.09. The van der Waals surface area contributed by atoms with Crippen molar-refractivity contribution in [3.8, 4) is 0 Å². The molecule has 0 spiro atoms. The Morgan fingerprint density at radius 2 is 2.00 bits per heavy atom. The summed E-state index contributed by atoms with van der Waals surface area (Å²) in [5, 5.41) is 3.39. The second-order valence-corrected chi connectivity index (χ2v) is 3.33. The minimum Gasteiger partial charge on any atom is -0.345 e. The lowest BCUT2D eigenvalue weighted by atomic mass is 10.2. The maximum Gasteiger partial charge on any atom is 0.255 e. The van der Waals surface area contributed by atoms with Crippen LogP contribution in [0.3, 0.4) is 0 Å². The fourth-order valence-electron chi connectivity index (χ4n) is 1.12. The number of likely N-dealkylation sites (N-methyl/N-ethyl adjacent to an activating group) is 1. The number of carbonyl (C=O) groups is 1. The number of hydrogen-bond acceptors (Lipinski definition) is 2. The van der Waals surface area contributed by atoms with Gasteiger partial charge in [-0.25, -0.2) is 0 Å². The second kappa shape index (κ2) is 5.58. The Balaban J connectivity index is 3.08. The molecule has 5 heteroatoms. The molecule has 0 saturated heterocycles. The van der Waals surface area contributed by atoms with E-state index in [2.05, 4.69) is 10.0 Å². The summed E-state index contributed by atoms with van der Waals surface area (Å²) in [6.45, 7) is 0. The van der Waals surface area contributed by atoms with Crippen LogP contribution in [0.5, 0.6) is 0 Å². The zero-order valence-electron chi connectivity index (χ0n) is 9.16. The Morgan fingerprint density at radius 1 is 1.38 bits per heavy atom. The molecule has 0 radical (unpaired) electrons. The highest BCUT2D eigenvalue weighted by molar-refractivity contribution is 5.97. The third-order valence-electron chi connectivity index (χ3n) is 1.88. The summed E-state index contributed by atoms with van der Waals surface area (Å²) >= 11 is 0. The van der Waals surface area contributed by atoms with Gasteiger partial charge in [-0.3, -0.25) is 4.79 Å². The molecular formula is C11H12N4O. The zero-order valence-corrected chi connectivity index (χ0v) is 9.16. The van der Waals surface area contributed by atoms with E-state index in [0.29, 0.717) is 0 Å². The third-order valence-corrected chi connectivity index (χ3v) is 1.88. The van der Waals surface area contributed by atoms with Gasteiger partial charge in [0.2, 0.25) is 0 Å². The fraction of sp³-hybridized carbons (Fsp3) is 0.182. The van der Waals surface area contributed by atoms with Gasteiger partial charge in [-0.05, 0) is 17.2 Å². The summed E-state index contributed by atoms with van der Waals surface area (Å²) in [6, 6.07) is 9.23. The molecule has 1 amide bonds. The van der Waals surface area contributed by atoms with E-state index in [1.54, 1.807) is 20.2 Å². The zero-order chi connectivity index (χ0) is 12.0. The van der Waals surface area contributed by atoms with Crippen LogP contribution < -0.4 is 0 Å². The van der Waals surface area contributed by atoms with Crippen molar-refractivity contribution in [1.29, 1.82) is 0 Å². The Bertz CT molecular complexity index is 444. The summed E-state index contributed by atoms with van der Waals surface area (Å²) < 4.78 is 0. The molecule has 0 aromatic heterocycles. The van der Waals surface area contributed by atoms with Gasteiger partial charge in [-0.2, -0.15) is 0 Å². The molecular weight excluding hydrogens is 204 g/mol. The molecule has 0 aliphatic rings. The minimum atomic E-state index is -0.318. The van der Waals surface area contributed by atoms with E-state index in [4.69, 9.17) is 5.53 Å². The largest absolute Gasteiger partial charge is 0.345 e. The summed E-state index contributed by atoms with van der Waals surface area (Å²) in [6.07, 6.45) is 1.56. The van der Waals surface area contributed by atoms with Gasteiger partial charge in [0, 0.05) is 19.0 Å². The highest BCUT2D eigenvalue weighted by atomic mass is 16.2. The van der Waals surface area contributed by atoms with Gasteiger partial charge in [0.15, 0.2) is 0 Å². The smallest absolute Gasteiger partial charge is 0.255 e. The molecule has 1 rings (SSSR count). The van der Waals surface area contributed by atoms with Crippen LogP contribution >= 0.6 is 0 Å². The number of nitrogens with zero attached hydrogens (tertiary/aromatic N) is 4. The van der Waals surface area contributed by atoms with Crippen LogP contribution in [0.2, 0.25) is 0 Å². The Labute approximate surface area is 93.6 Å². The van der Waals surface area contributed by atoms with Gasteiger partial charge in [0.1, 0.15) is 5.70 Å². The highest BCUT2D eigenvalue weighted by Crippen LogP contribution is 2.09. The number of hydrogen-bond donors (Lipinski definition) is 0. The van der Waals surface area contributed by atoms with Gasteiger partial charge in [0.05, 0.1) is 0 Å². The first-order chi connectivity index (χ1) is 7.65. The Kier molecular flexibility index (Phi) is 4.12. The van der Waals surface area contributed by atoms with Crippen molar-refractivity contribution >= 4 is 12.0 Å². The molecule has 0 N–H and O–H groups in total. The predicted octanol–water partition coefficient (Wildman–Crippen LogP) is 2.43. The number of carbonyl (C=O) groups excluding carboxylic acids is 1. The van der Waals surface area contributed by atoms with Crippen LogP contribution in [0.15, 0.2) is 41.1 Å². The first-order valence-electron chi connectivity index (χ1n) is 4.68. The highest BCUT2D eigenvalue weighted by Gasteiger charge is 2.09. The lowest BCUT2D eigenvalue weighted by Crippen LogP contribution is -2.22. The van der Waals surface area contributed by atoms with Crippen molar-refractivity contribution in [3.63, 3.8) is 0 Å². The predicted molar refractivity (Wildman–Crippen MR) is 62.3 cm³/mol. The molecule has 0 saturated carbocycles. The van der Waals surface area contributed by atoms with E-state index in [1.807, 2.05) is 30.3 Å². The molecule has 0 aliphatic carbocycles. The second-order valence-electron chi connectivity index (χ2n) is 3.33. The monoisotopic (exact) mass is 216 g/mol. The van der Waals surface area contributed by atoms with Gasteiger partial charge < -0.3 is 4.90 Å². The topological polar surface area (TPSA) is 69.1 Å². The molecule has 0 unspecified atom stereocenters.